The first kappa shape index (κ1) is 23.0. The summed E-state index contributed by atoms with van der Waals surface area (Å²) in [5, 5.41) is 11.7. The second-order valence-electron chi connectivity index (χ2n) is 7.73. The van der Waals surface area contributed by atoms with Gasteiger partial charge in [-0.05, 0) is 55.3 Å². The molecule has 3 aromatic rings. The van der Waals surface area contributed by atoms with Gasteiger partial charge in [0.05, 0.1) is 11.3 Å². The van der Waals surface area contributed by atoms with E-state index in [2.05, 4.69) is 15.5 Å². The number of halogens is 5. The molecule has 0 aliphatic carbocycles. The van der Waals surface area contributed by atoms with Crippen molar-refractivity contribution >= 4 is 29.0 Å². The Bertz CT molecular complexity index is 1130. The molecule has 0 spiro atoms. The van der Waals surface area contributed by atoms with E-state index in [1.807, 2.05) is 29.2 Å². The van der Waals surface area contributed by atoms with E-state index in [9.17, 15) is 22.4 Å². The summed E-state index contributed by atoms with van der Waals surface area (Å²) in [6.45, 7) is 1.09. The summed E-state index contributed by atoms with van der Waals surface area (Å²) in [5.74, 6) is -1.46. The summed E-state index contributed by atoms with van der Waals surface area (Å²) < 4.78 is 52.1. The molecule has 2 heterocycles. The molecule has 1 aliphatic rings. The first-order chi connectivity index (χ1) is 15.7. The number of carbonyl (C=O) groups is 1. The normalized spacial score (nSPS) is 14.9. The number of nitrogens with zero attached hydrogens (tertiary/aromatic N) is 3. The fraction of sp³-hybridized carbons (Fsp3) is 0.261. The van der Waals surface area contributed by atoms with Crippen LogP contribution in [0.5, 0.6) is 0 Å². The average Bonchev–Trinajstić information content (AvgIpc) is 2.80. The third-order valence-electron chi connectivity index (χ3n) is 5.52. The zero-order chi connectivity index (χ0) is 23.6. The Balaban J connectivity index is 1.35. The van der Waals surface area contributed by atoms with Gasteiger partial charge in [-0.3, -0.25) is 4.79 Å². The number of anilines is 2. The van der Waals surface area contributed by atoms with Gasteiger partial charge in [0.2, 0.25) is 5.91 Å². The summed E-state index contributed by atoms with van der Waals surface area (Å²) in [4.78, 5) is 14.5. The summed E-state index contributed by atoms with van der Waals surface area (Å²) >= 11 is 5.91. The molecular formula is C23H19ClF4N4O. The van der Waals surface area contributed by atoms with Crippen molar-refractivity contribution in [2.45, 2.75) is 19.0 Å². The first-order valence-electron chi connectivity index (χ1n) is 10.2. The van der Waals surface area contributed by atoms with Crippen molar-refractivity contribution in [1.82, 2.24) is 10.2 Å². The quantitative estimate of drug-likeness (QED) is 0.481. The topological polar surface area (TPSA) is 58.1 Å². The van der Waals surface area contributed by atoms with E-state index in [1.165, 1.54) is 0 Å². The van der Waals surface area contributed by atoms with Crippen LogP contribution in [0.4, 0.5) is 29.1 Å². The van der Waals surface area contributed by atoms with Crippen molar-refractivity contribution in [1.29, 1.82) is 0 Å². The largest absolute Gasteiger partial charge is 0.419 e. The Kier molecular flexibility index (Phi) is 6.51. The minimum Gasteiger partial charge on any atom is -0.355 e. The van der Waals surface area contributed by atoms with Gasteiger partial charge in [0.1, 0.15) is 5.82 Å². The van der Waals surface area contributed by atoms with Crippen molar-refractivity contribution < 1.29 is 22.4 Å². The van der Waals surface area contributed by atoms with Crippen LogP contribution >= 0.6 is 11.6 Å². The van der Waals surface area contributed by atoms with Gasteiger partial charge in [0.25, 0.3) is 0 Å². The van der Waals surface area contributed by atoms with Gasteiger partial charge in [-0.2, -0.15) is 13.2 Å². The van der Waals surface area contributed by atoms with Crippen molar-refractivity contribution in [3.8, 4) is 11.3 Å². The van der Waals surface area contributed by atoms with Crippen LogP contribution in [0.3, 0.4) is 0 Å². The number of piperidine rings is 1. The minimum atomic E-state index is -4.83. The molecule has 0 unspecified atom stereocenters. The molecular weight excluding hydrogens is 460 g/mol. The molecule has 1 N–H and O–H groups in total. The number of aromatic nitrogens is 2. The molecule has 1 aromatic heterocycles. The molecule has 10 heteroatoms. The van der Waals surface area contributed by atoms with Crippen LogP contribution in [0.2, 0.25) is 5.02 Å². The number of nitrogens with one attached hydrogen (secondary N) is 1. The highest BCUT2D eigenvalue weighted by molar-refractivity contribution is 6.30. The molecule has 172 valence electrons. The molecule has 0 bridgehead atoms. The molecule has 1 amide bonds. The van der Waals surface area contributed by atoms with E-state index < -0.39 is 23.5 Å². The molecule has 1 saturated heterocycles. The average molecular weight is 479 g/mol. The maximum Gasteiger partial charge on any atom is 0.419 e. The molecule has 1 fully saturated rings. The number of amides is 1. The second-order valence-corrected chi connectivity index (χ2v) is 8.16. The highest BCUT2D eigenvalue weighted by Crippen LogP contribution is 2.33. The van der Waals surface area contributed by atoms with E-state index in [0.29, 0.717) is 54.6 Å². The zero-order valence-corrected chi connectivity index (χ0v) is 18.0. The highest BCUT2D eigenvalue weighted by Gasteiger charge is 2.34. The van der Waals surface area contributed by atoms with Gasteiger partial charge < -0.3 is 10.2 Å². The summed E-state index contributed by atoms with van der Waals surface area (Å²) in [7, 11) is 0. The van der Waals surface area contributed by atoms with Gasteiger partial charge in [0.15, 0.2) is 5.82 Å². The molecule has 1 aliphatic heterocycles. The lowest BCUT2D eigenvalue weighted by molar-refractivity contribution is -0.140. The Hall–Kier alpha value is -3.20. The zero-order valence-electron chi connectivity index (χ0n) is 17.2. The van der Waals surface area contributed by atoms with Crippen LogP contribution in [0.25, 0.3) is 11.3 Å². The van der Waals surface area contributed by atoms with E-state index in [4.69, 9.17) is 11.6 Å². The van der Waals surface area contributed by atoms with E-state index in [-0.39, 0.29) is 11.6 Å². The fourth-order valence-corrected chi connectivity index (χ4v) is 3.83. The van der Waals surface area contributed by atoms with E-state index >= 15 is 0 Å². The fourth-order valence-electron chi connectivity index (χ4n) is 3.70. The van der Waals surface area contributed by atoms with Gasteiger partial charge in [-0.15, -0.1) is 10.2 Å². The molecule has 2 aromatic carbocycles. The maximum atomic E-state index is 13.4. The second kappa shape index (κ2) is 9.35. The molecule has 33 heavy (non-hydrogen) atoms. The molecule has 0 atom stereocenters. The smallest absolute Gasteiger partial charge is 0.355 e. The Morgan fingerprint density at radius 3 is 2.30 bits per heavy atom. The summed E-state index contributed by atoms with van der Waals surface area (Å²) in [6, 6.07) is 13.4. The van der Waals surface area contributed by atoms with Crippen LogP contribution in [0, 0.1) is 11.7 Å². The first-order valence-corrected chi connectivity index (χ1v) is 10.6. The van der Waals surface area contributed by atoms with Crippen LogP contribution in [0.1, 0.15) is 18.4 Å². The van der Waals surface area contributed by atoms with Crippen LogP contribution in [-0.2, 0) is 11.0 Å². The number of rotatable bonds is 4. The Morgan fingerprint density at radius 1 is 1.00 bits per heavy atom. The lowest BCUT2D eigenvalue weighted by Crippen LogP contribution is -2.38. The van der Waals surface area contributed by atoms with Gasteiger partial charge in [-0.1, -0.05) is 23.7 Å². The Labute approximate surface area is 192 Å². The number of hydrogen-bond donors (Lipinski definition) is 1. The van der Waals surface area contributed by atoms with Crippen LogP contribution < -0.4 is 10.2 Å². The number of alkyl halides is 3. The van der Waals surface area contributed by atoms with Crippen LogP contribution in [0.15, 0.2) is 54.6 Å². The van der Waals surface area contributed by atoms with Crippen LogP contribution in [-0.4, -0.2) is 29.2 Å². The van der Waals surface area contributed by atoms with Gasteiger partial charge in [0, 0.05) is 35.3 Å². The third-order valence-corrected chi connectivity index (χ3v) is 5.77. The number of hydrogen-bond acceptors (Lipinski definition) is 4. The molecule has 0 radical (unpaired) electrons. The number of benzene rings is 2. The minimum absolute atomic E-state index is 0.0835. The summed E-state index contributed by atoms with van der Waals surface area (Å²) in [5.41, 5.74) is 0.112. The summed E-state index contributed by atoms with van der Waals surface area (Å²) in [6.07, 6.45) is -3.83. The lowest BCUT2D eigenvalue weighted by Gasteiger charge is -2.31. The monoisotopic (exact) mass is 478 g/mol. The standard InChI is InChI=1S/C23H19ClF4N4O/c24-16-3-1-14(2-4-16)20-7-8-21(31-30-20)32-11-9-15(10-12-32)22(33)29-17-5-6-19(25)18(13-17)23(26,27)28/h1-8,13,15H,9-12H2,(H,29,33). The van der Waals surface area contributed by atoms with Crippen molar-refractivity contribution in [2.75, 3.05) is 23.3 Å². The predicted octanol–water partition coefficient (Wildman–Crippen LogP) is 5.81. The van der Waals surface area contributed by atoms with Gasteiger partial charge >= 0.3 is 6.18 Å². The molecule has 5 nitrogen and oxygen atoms in total. The van der Waals surface area contributed by atoms with Crippen molar-refractivity contribution in [2.24, 2.45) is 5.92 Å². The van der Waals surface area contributed by atoms with E-state index in [0.717, 1.165) is 11.6 Å². The molecule has 0 saturated carbocycles. The SMILES string of the molecule is O=C(Nc1ccc(F)c(C(F)(F)F)c1)C1CCN(c2ccc(-c3ccc(Cl)cc3)nn2)CC1. The Morgan fingerprint density at radius 2 is 1.70 bits per heavy atom. The third kappa shape index (κ3) is 5.42. The lowest BCUT2D eigenvalue weighted by atomic mass is 9.95. The maximum absolute atomic E-state index is 13.4. The predicted molar refractivity (Wildman–Crippen MR) is 117 cm³/mol. The van der Waals surface area contributed by atoms with Crippen molar-refractivity contribution in [3.63, 3.8) is 0 Å². The number of carbonyl (C=O) groups excluding carboxylic acids is 1. The highest BCUT2D eigenvalue weighted by atomic mass is 35.5. The molecule has 4 rings (SSSR count). The van der Waals surface area contributed by atoms with Gasteiger partial charge in [-0.25, -0.2) is 4.39 Å². The van der Waals surface area contributed by atoms with Crippen molar-refractivity contribution in [3.05, 3.63) is 71.0 Å². The van der Waals surface area contributed by atoms with E-state index in [1.54, 1.807) is 12.1 Å².